The Balaban J connectivity index is 1.54. The maximum atomic E-state index is 12.7. The normalized spacial score (nSPS) is 13.6. The average Bonchev–Trinajstić information content (AvgIpc) is 3.06. The summed E-state index contributed by atoms with van der Waals surface area (Å²) in [5, 5.41) is 2.24. The minimum Gasteiger partial charge on any atom is -0.455 e. The van der Waals surface area contributed by atoms with E-state index in [1.165, 1.54) is 0 Å². The molecule has 0 saturated carbocycles. The van der Waals surface area contributed by atoms with Gasteiger partial charge in [0.2, 0.25) is 5.91 Å². The lowest BCUT2D eigenvalue weighted by Crippen LogP contribution is -2.39. The Hall–Kier alpha value is -3.13. The van der Waals surface area contributed by atoms with Crippen molar-refractivity contribution in [1.82, 2.24) is 10.2 Å². The van der Waals surface area contributed by atoms with Crippen LogP contribution >= 0.6 is 11.8 Å². The summed E-state index contributed by atoms with van der Waals surface area (Å²) < 4.78 is 5.24. The molecule has 0 aromatic heterocycles. The number of hydrogen-bond acceptors (Lipinski definition) is 6. The maximum Gasteiger partial charge on any atom is 0.318 e. The van der Waals surface area contributed by atoms with Gasteiger partial charge in [-0.25, -0.2) is 0 Å². The van der Waals surface area contributed by atoms with Gasteiger partial charge in [0.25, 0.3) is 11.1 Å². The largest absolute Gasteiger partial charge is 0.455 e. The highest BCUT2D eigenvalue weighted by Crippen LogP contribution is 2.25. The molecule has 8 heteroatoms. The Morgan fingerprint density at radius 3 is 2.10 bits per heavy atom. The number of carbonyl (C=O) groups excluding carboxylic acids is 4. The highest BCUT2D eigenvalue weighted by molar-refractivity contribution is 8.14. The zero-order chi connectivity index (χ0) is 20.6. The van der Waals surface area contributed by atoms with Crippen molar-refractivity contribution >= 4 is 34.8 Å². The number of imide groups is 1. The van der Waals surface area contributed by atoms with Crippen molar-refractivity contribution in [3.05, 3.63) is 71.8 Å². The van der Waals surface area contributed by atoms with Crippen LogP contribution in [0.5, 0.6) is 0 Å². The Bertz CT molecular complexity index is 833. The second-order valence-electron chi connectivity index (χ2n) is 6.31. The Morgan fingerprint density at radius 2 is 1.59 bits per heavy atom. The highest BCUT2D eigenvalue weighted by atomic mass is 32.2. The molecule has 0 spiro atoms. The van der Waals surface area contributed by atoms with Gasteiger partial charge in [0, 0.05) is 13.1 Å². The Labute approximate surface area is 172 Å². The van der Waals surface area contributed by atoms with Crippen LogP contribution in [0.1, 0.15) is 17.0 Å². The third kappa shape index (κ3) is 5.45. The van der Waals surface area contributed by atoms with Gasteiger partial charge >= 0.3 is 5.97 Å². The molecule has 1 aliphatic heterocycles. The van der Waals surface area contributed by atoms with Crippen LogP contribution in [0.4, 0.5) is 4.79 Å². The number of esters is 1. The van der Waals surface area contributed by atoms with Gasteiger partial charge in [-0.1, -0.05) is 72.4 Å². The zero-order valence-electron chi connectivity index (χ0n) is 15.6. The van der Waals surface area contributed by atoms with Crippen LogP contribution in [-0.4, -0.2) is 53.4 Å². The molecular formula is C21H20N2O5S. The summed E-state index contributed by atoms with van der Waals surface area (Å²) in [7, 11) is 0. The van der Waals surface area contributed by atoms with Gasteiger partial charge in [0.1, 0.15) is 5.92 Å². The van der Waals surface area contributed by atoms with E-state index in [1.54, 1.807) is 0 Å². The first-order valence-corrected chi connectivity index (χ1v) is 10.0. The number of carbonyl (C=O) groups is 4. The molecule has 0 unspecified atom stereocenters. The van der Waals surface area contributed by atoms with Crippen molar-refractivity contribution in [2.24, 2.45) is 0 Å². The number of nitrogens with zero attached hydrogens (tertiary/aromatic N) is 1. The number of hydrogen-bond donors (Lipinski definition) is 1. The van der Waals surface area contributed by atoms with Crippen LogP contribution in [-0.2, 0) is 19.1 Å². The molecular weight excluding hydrogens is 392 g/mol. The van der Waals surface area contributed by atoms with E-state index in [9.17, 15) is 19.2 Å². The second kappa shape index (κ2) is 9.88. The van der Waals surface area contributed by atoms with Crippen LogP contribution in [0.25, 0.3) is 0 Å². The monoisotopic (exact) mass is 412 g/mol. The van der Waals surface area contributed by atoms with Crippen molar-refractivity contribution < 1.29 is 23.9 Å². The molecule has 1 saturated heterocycles. The molecule has 2 aromatic rings. The van der Waals surface area contributed by atoms with E-state index >= 15 is 0 Å². The third-order valence-electron chi connectivity index (χ3n) is 4.35. The lowest BCUT2D eigenvalue weighted by Gasteiger charge is -2.17. The topological polar surface area (TPSA) is 92.8 Å². The molecule has 150 valence electrons. The smallest absolute Gasteiger partial charge is 0.318 e. The van der Waals surface area contributed by atoms with Gasteiger partial charge in [-0.2, -0.15) is 0 Å². The van der Waals surface area contributed by atoms with E-state index < -0.39 is 24.4 Å². The first-order chi connectivity index (χ1) is 14.1. The van der Waals surface area contributed by atoms with Crippen LogP contribution in [0.15, 0.2) is 60.7 Å². The second-order valence-corrected chi connectivity index (χ2v) is 7.24. The van der Waals surface area contributed by atoms with Crippen LogP contribution < -0.4 is 5.32 Å². The van der Waals surface area contributed by atoms with Crippen molar-refractivity contribution in [3.63, 3.8) is 0 Å². The minimum absolute atomic E-state index is 0.0982. The first-order valence-electron chi connectivity index (χ1n) is 9.06. The van der Waals surface area contributed by atoms with Gasteiger partial charge in [0.15, 0.2) is 6.61 Å². The van der Waals surface area contributed by atoms with Gasteiger partial charge in [0.05, 0.1) is 5.75 Å². The lowest BCUT2D eigenvalue weighted by atomic mass is 9.91. The summed E-state index contributed by atoms with van der Waals surface area (Å²) >= 11 is 0.941. The van der Waals surface area contributed by atoms with E-state index in [1.807, 2.05) is 60.7 Å². The summed E-state index contributed by atoms with van der Waals surface area (Å²) in [5.41, 5.74) is 1.54. The molecule has 29 heavy (non-hydrogen) atoms. The van der Waals surface area contributed by atoms with Gasteiger partial charge in [-0.05, 0) is 11.1 Å². The summed E-state index contributed by atoms with van der Waals surface area (Å²) in [5.74, 6) is -1.80. The number of rotatable bonds is 8. The molecule has 0 atom stereocenters. The lowest BCUT2D eigenvalue weighted by molar-refractivity contribution is -0.149. The molecule has 3 amide bonds. The Kier molecular flexibility index (Phi) is 7.02. The summed E-state index contributed by atoms with van der Waals surface area (Å²) in [4.78, 5) is 48.8. The van der Waals surface area contributed by atoms with E-state index in [0.717, 1.165) is 27.8 Å². The number of nitrogens with one attached hydrogen (secondary N) is 1. The standard InChI is InChI=1S/C21H20N2O5S/c24-17(22-11-12-23-18(25)14-29-21(23)27)13-28-20(26)19(15-7-3-1-4-8-15)16-9-5-2-6-10-16/h1-10,19H,11-14H2,(H,22,24). The van der Waals surface area contributed by atoms with Crippen LogP contribution in [0.3, 0.4) is 0 Å². The Morgan fingerprint density at radius 1 is 1.00 bits per heavy atom. The van der Waals surface area contributed by atoms with Crippen molar-refractivity contribution in [2.75, 3.05) is 25.4 Å². The fraction of sp³-hybridized carbons (Fsp3) is 0.238. The fourth-order valence-corrected chi connectivity index (χ4v) is 3.68. The molecule has 0 bridgehead atoms. The molecule has 1 N–H and O–H groups in total. The molecule has 3 rings (SSSR count). The molecule has 0 radical (unpaired) electrons. The number of benzene rings is 2. The average molecular weight is 412 g/mol. The number of amides is 3. The van der Waals surface area contributed by atoms with Crippen molar-refractivity contribution in [2.45, 2.75) is 5.92 Å². The SMILES string of the molecule is O=C(COC(=O)C(c1ccccc1)c1ccccc1)NCCN1C(=O)CSC1=O. The highest BCUT2D eigenvalue weighted by Gasteiger charge is 2.29. The molecule has 1 heterocycles. The van der Waals surface area contributed by atoms with E-state index in [4.69, 9.17) is 4.74 Å². The third-order valence-corrected chi connectivity index (χ3v) is 5.20. The quantitative estimate of drug-likeness (QED) is 0.668. The maximum absolute atomic E-state index is 12.7. The number of thioether (sulfide) groups is 1. The van der Waals surface area contributed by atoms with E-state index in [0.29, 0.717) is 0 Å². The molecule has 7 nitrogen and oxygen atoms in total. The summed E-state index contributed by atoms with van der Waals surface area (Å²) in [6.07, 6.45) is 0. The molecule has 2 aromatic carbocycles. The van der Waals surface area contributed by atoms with Crippen molar-refractivity contribution in [3.8, 4) is 0 Å². The number of ether oxygens (including phenoxy) is 1. The zero-order valence-corrected chi connectivity index (χ0v) is 16.4. The fourth-order valence-electron chi connectivity index (χ4n) is 2.93. The predicted octanol–water partition coefficient (Wildman–Crippen LogP) is 2.17. The van der Waals surface area contributed by atoms with E-state index in [-0.39, 0.29) is 30.0 Å². The molecule has 1 fully saturated rings. The van der Waals surface area contributed by atoms with Gasteiger partial charge in [-0.3, -0.25) is 24.1 Å². The van der Waals surface area contributed by atoms with Crippen LogP contribution in [0.2, 0.25) is 0 Å². The van der Waals surface area contributed by atoms with Crippen molar-refractivity contribution in [1.29, 1.82) is 0 Å². The first kappa shape index (κ1) is 20.6. The van der Waals surface area contributed by atoms with Gasteiger partial charge < -0.3 is 10.1 Å². The van der Waals surface area contributed by atoms with E-state index in [2.05, 4.69) is 5.32 Å². The summed E-state index contributed by atoms with van der Waals surface area (Å²) in [6.45, 7) is -0.234. The minimum atomic E-state index is -0.637. The van der Waals surface area contributed by atoms with Crippen LogP contribution in [0, 0.1) is 0 Å². The van der Waals surface area contributed by atoms with Gasteiger partial charge in [-0.15, -0.1) is 0 Å². The molecule has 0 aliphatic carbocycles. The molecule has 1 aliphatic rings. The summed E-state index contributed by atoms with van der Waals surface area (Å²) in [6, 6.07) is 18.4. The predicted molar refractivity (Wildman–Crippen MR) is 108 cm³/mol.